The summed E-state index contributed by atoms with van der Waals surface area (Å²) >= 11 is 0. The fraction of sp³-hybridized carbons (Fsp3) is 0.625. The van der Waals surface area contributed by atoms with Crippen LogP contribution in [0.3, 0.4) is 0 Å². The van der Waals surface area contributed by atoms with E-state index in [1.807, 2.05) is 18.2 Å². The number of phenolic OH excluding ortho intramolecular Hbond substituents is 1. The largest absolute Gasteiger partial charge is 0.508 e. The van der Waals surface area contributed by atoms with Crippen LogP contribution in [0.5, 0.6) is 5.75 Å². The topological polar surface area (TPSA) is 32.3 Å². The van der Waals surface area contributed by atoms with Crippen LogP contribution in [0, 0.1) is 17.8 Å². The van der Waals surface area contributed by atoms with Crippen molar-refractivity contribution in [2.24, 2.45) is 17.8 Å². The van der Waals surface area contributed by atoms with Gasteiger partial charge in [0.1, 0.15) is 5.75 Å². The van der Waals surface area contributed by atoms with E-state index >= 15 is 0 Å². The minimum Gasteiger partial charge on any atom is -0.508 e. The fourth-order valence-electron chi connectivity index (χ4n) is 3.99. The molecule has 2 N–H and O–H groups in total. The Kier molecular flexibility index (Phi) is 3.29. The Labute approximate surface area is 109 Å². The van der Waals surface area contributed by atoms with Crippen molar-refractivity contribution in [2.45, 2.75) is 45.2 Å². The Morgan fingerprint density at radius 3 is 2.78 bits per heavy atom. The SMILES string of the molecule is C[C@H](NCc1ccccc1O)[C@H]1C[C@@H]2CC[C@@H]1C2. The highest BCUT2D eigenvalue weighted by molar-refractivity contribution is 5.31. The average Bonchev–Trinajstić information content (AvgIpc) is 2.99. The summed E-state index contributed by atoms with van der Waals surface area (Å²) < 4.78 is 0. The van der Waals surface area contributed by atoms with Crippen molar-refractivity contribution in [1.82, 2.24) is 5.32 Å². The highest BCUT2D eigenvalue weighted by atomic mass is 16.3. The van der Waals surface area contributed by atoms with Crippen molar-refractivity contribution < 1.29 is 5.11 Å². The van der Waals surface area contributed by atoms with Crippen LogP contribution in [0.25, 0.3) is 0 Å². The first-order valence-electron chi connectivity index (χ1n) is 7.24. The molecule has 98 valence electrons. The molecular formula is C16H23NO. The second-order valence-corrected chi connectivity index (χ2v) is 6.14. The van der Waals surface area contributed by atoms with E-state index in [-0.39, 0.29) is 0 Å². The molecule has 2 aliphatic carbocycles. The highest BCUT2D eigenvalue weighted by Crippen LogP contribution is 2.49. The molecule has 0 radical (unpaired) electrons. The van der Waals surface area contributed by atoms with Crippen LogP contribution in [0.1, 0.15) is 38.2 Å². The lowest BCUT2D eigenvalue weighted by Crippen LogP contribution is -2.35. The first-order valence-corrected chi connectivity index (χ1v) is 7.24. The molecule has 0 amide bonds. The molecule has 1 aromatic rings. The number of benzene rings is 1. The van der Waals surface area contributed by atoms with Gasteiger partial charge in [-0.2, -0.15) is 0 Å². The van der Waals surface area contributed by atoms with Crippen LogP contribution >= 0.6 is 0 Å². The lowest BCUT2D eigenvalue weighted by molar-refractivity contribution is 0.259. The summed E-state index contributed by atoms with van der Waals surface area (Å²) in [4.78, 5) is 0. The highest BCUT2D eigenvalue weighted by Gasteiger charge is 2.41. The summed E-state index contributed by atoms with van der Waals surface area (Å²) in [5.41, 5.74) is 1.01. The second kappa shape index (κ2) is 4.93. The van der Waals surface area contributed by atoms with Crippen molar-refractivity contribution in [3.63, 3.8) is 0 Å². The number of aromatic hydroxyl groups is 1. The van der Waals surface area contributed by atoms with Crippen LogP contribution in [0.2, 0.25) is 0 Å². The predicted octanol–water partition coefficient (Wildman–Crippen LogP) is 3.31. The third-order valence-corrected chi connectivity index (χ3v) is 5.04. The summed E-state index contributed by atoms with van der Waals surface area (Å²) in [6, 6.07) is 8.19. The monoisotopic (exact) mass is 245 g/mol. The maximum absolute atomic E-state index is 9.75. The van der Waals surface area contributed by atoms with Gasteiger partial charge in [-0.15, -0.1) is 0 Å². The van der Waals surface area contributed by atoms with Gasteiger partial charge in [-0.25, -0.2) is 0 Å². The summed E-state index contributed by atoms with van der Waals surface area (Å²) in [6.45, 7) is 3.09. The number of rotatable bonds is 4. The maximum Gasteiger partial charge on any atom is 0.120 e. The smallest absolute Gasteiger partial charge is 0.120 e. The van der Waals surface area contributed by atoms with E-state index < -0.39 is 0 Å². The number of para-hydroxylation sites is 1. The van der Waals surface area contributed by atoms with Gasteiger partial charge in [0, 0.05) is 18.2 Å². The van der Waals surface area contributed by atoms with Crippen molar-refractivity contribution in [1.29, 1.82) is 0 Å². The zero-order chi connectivity index (χ0) is 12.5. The summed E-state index contributed by atoms with van der Waals surface area (Å²) in [5, 5.41) is 13.4. The molecule has 1 aromatic carbocycles. The van der Waals surface area contributed by atoms with Crippen LogP contribution in [0.15, 0.2) is 24.3 Å². The third kappa shape index (κ3) is 2.26. The van der Waals surface area contributed by atoms with Crippen LogP contribution in [-0.2, 0) is 6.54 Å². The normalized spacial score (nSPS) is 31.7. The molecule has 0 unspecified atom stereocenters. The molecule has 0 spiro atoms. The maximum atomic E-state index is 9.75. The van der Waals surface area contributed by atoms with Gasteiger partial charge >= 0.3 is 0 Å². The van der Waals surface area contributed by atoms with E-state index in [9.17, 15) is 5.11 Å². The molecular weight excluding hydrogens is 222 g/mol. The van der Waals surface area contributed by atoms with Crippen molar-refractivity contribution in [2.75, 3.05) is 0 Å². The van der Waals surface area contributed by atoms with E-state index in [1.165, 1.54) is 25.7 Å². The van der Waals surface area contributed by atoms with Gasteiger partial charge in [-0.1, -0.05) is 24.6 Å². The fourth-order valence-corrected chi connectivity index (χ4v) is 3.99. The Bertz CT molecular complexity index is 417. The third-order valence-electron chi connectivity index (χ3n) is 5.04. The molecule has 2 heteroatoms. The van der Waals surface area contributed by atoms with Gasteiger partial charge in [-0.3, -0.25) is 0 Å². The Balaban J connectivity index is 1.56. The molecule has 0 aromatic heterocycles. The van der Waals surface area contributed by atoms with Crippen LogP contribution in [-0.4, -0.2) is 11.1 Å². The van der Waals surface area contributed by atoms with E-state index in [2.05, 4.69) is 12.2 Å². The van der Waals surface area contributed by atoms with E-state index in [1.54, 1.807) is 6.07 Å². The van der Waals surface area contributed by atoms with Gasteiger partial charge in [0.2, 0.25) is 0 Å². The molecule has 2 bridgehead atoms. The summed E-state index contributed by atoms with van der Waals surface area (Å²) in [6.07, 6.45) is 5.79. The second-order valence-electron chi connectivity index (χ2n) is 6.14. The van der Waals surface area contributed by atoms with Gasteiger partial charge in [0.05, 0.1) is 0 Å². The van der Waals surface area contributed by atoms with Crippen molar-refractivity contribution in [3.05, 3.63) is 29.8 Å². The van der Waals surface area contributed by atoms with Gasteiger partial charge < -0.3 is 10.4 Å². The molecule has 2 nitrogen and oxygen atoms in total. The lowest BCUT2D eigenvalue weighted by Gasteiger charge is -2.28. The molecule has 0 heterocycles. The number of nitrogens with one attached hydrogen (secondary N) is 1. The summed E-state index contributed by atoms with van der Waals surface area (Å²) in [7, 11) is 0. The van der Waals surface area contributed by atoms with E-state index in [0.29, 0.717) is 11.8 Å². The molecule has 2 aliphatic rings. The Morgan fingerprint density at radius 1 is 1.28 bits per heavy atom. The molecule has 2 saturated carbocycles. The molecule has 2 fully saturated rings. The van der Waals surface area contributed by atoms with Crippen molar-refractivity contribution >= 4 is 0 Å². The molecule has 0 aliphatic heterocycles. The van der Waals surface area contributed by atoms with Crippen LogP contribution < -0.4 is 5.32 Å². The standard InChI is InChI=1S/C16H23NO/c1-11(15-9-12-6-7-13(15)8-12)17-10-14-4-2-3-5-16(14)18/h2-5,11-13,15,17-18H,6-10H2,1H3/t11-,12+,13+,15+/m0/s1. The first-order chi connectivity index (χ1) is 8.74. The van der Waals surface area contributed by atoms with Gasteiger partial charge in [0.15, 0.2) is 0 Å². The minimum absolute atomic E-state index is 0.408. The lowest BCUT2D eigenvalue weighted by atomic mass is 9.84. The predicted molar refractivity (Wildman–Crippen MR) is 73.3 cm³/mol. The molecule has 18 heavy (non-hydrogen) atoms. The average molecular weight is 245 g/mol. The van der Waals surface area contributed by atoms with Gasteiger partial charge in [0.25, 0.3) is 0 Å². The number of hydrogen-bond acceptors (Lipinski definition) is 2. The zero-order valence-corrected chi connectivity index (χ0v) is 11.1. The minimum atomic E-state index is 0.408. The van der Waals surface area contributed by atoms with Gasteiger partial charge in [-0.05, 0) is 50.0 Å². The number of phenols is 1. The Morgan fingerprint density at radius 2 is 2.11 bits per heavy atom. The van der Waals surface area contributed by atoms with Crippen LogP contribution in [0.4, 0.5) is 0 Å². The van der Waals surface area contributed by atoms with E-state index in [0.717, 1.165) is 29.9 Å². The number of hydrogen-bond donors (Lipinski definition) is 2. The summed E-state index contributed by atoms with van der Waals surface area (Å²) in [5.74, 6) is 3.23. The zero-order valence-electron chi connectivity index (χ0n) is 11.1. The van der Waals surface area contributed by atoms with Crippen molar-refractivity contribution in [3.8, 4) is 5.75 Å². The quantitative estimate of drug-likeness (QED) is 0.853. The number of fused-ring (bicyclic) bond motifs is 2. The Hall–Kier alpha value is -1.02. The molecule has 4 atom stereocenters. The van der Waals surface area contributed by atoms with E-state index in [4.69, 9.17) is 0 Å². The molecule has 0 saturated heterocycles. The first kappa shape index (κ1) is 12.0. The molecule has 3 rings (SSSR count).